The van der Waals surface area contributed by atoms with Gasteiger partial charge in [0.15, 0.2) is 0 Å². The van der Waals surface area contributed by atoms with E-state index >= 15 is 0 Å². The Morgan fingerprint density at radius 2 is 1.76 bits per heavy atom. The van der Waals surface area contributed by atoms with E-state index in [9.17, 15) is 17.2 Å². The van der Waals surface area contributed by atoms with Gasteiger partial charge in [-0.05, 0) is 30.7 Å². The number of anilines is 1. The van der Waals surface area contributed by atoms with Crippen molar-refractivity contribution in [2.24, 2.45) is 11.8 Å². The molecule has 1 aliphatic heterocycles. The van der Waals surface area contributed by atoms with E-state index in [0.717, 1.165) is 18.9 Å². The molecule has 0 bridgehead atoms. The van der Waals surface area contributed by atoms with E-state index in [0.29, 0.717) is 31.0 Å². The summed E-state index contributed by atoms with van der Waals surface area (Å²) in [5.41, 5.74) is 4.98. The highest BCUT2D eigenvalue weighted by Crippen LogP contribution is 2.30. The van der Waals surface area contributed by atoms with Gasteiger partial charge in [-0.2, -0.15) is 4.31 Å². The Morgan fingerprint density at radius 1 is 1.19 bits per heavy atom. The van der Waals surface area contributed by atoms with Crippen LogP contribution in [0.2, 0.25) is 0 Å². The molecule has 1 saturated heterocycles. The number of benzene rings is 1. The van der Waals surface area contributed by atoms with E-state index in [1.165, 1.54) is 4.31 Å². The minimum atomic E-state index is -3.97. The quantitative estimate of drug-likeness (QED) is 0.871. The summed E-state index contributed by atoms with van der Waals surface area (Å²) in [5.74, 6) is -1.09. The Kier molecular flexibility index (Phi) is 4.53. The number of nitrogen functional groups attached to an aromatic ring is 1. The molecule has 7 heteroatoms. The van der Waals surface area contributed by atoms with Gasteiger partial charge in [0.1, 0.15) is 16.5 Å². The van der Waals surface area contributed by atoms with Crippen molar-refractivity contribution in [3.05, 3.63) is 23.8 Å². The van der Waals surface area contributed by atoms with E-state index < -0.39 is 26.6 Å². The molecule has 0 amide bonds. The van der Waals surface area contributed by atoms with E-state index in [1.54, 1.807) is 0 Å². The Hall–Kier alpha value is -1.21. The van der Waals surface area contributed by atoms with Gasteiger partial charge in [0.2, 0.25) is 10.0 Å². The largest absolute Gasteiger partial charge is 0.396 e. The van der Waals surface area contributed by atoms with Crippen molar-refractivity contribution in [3.63, 3.8) is 0 Å². The van der Waals surface area contributed by atoms with Crippen LogP contribution in [0, 0.1) is 23.5 Å². The van der Waals surface area contributed by atoms with Crippen molar-refractivity contribution >= 4 is 15.7 Å². The number of hydrogen-bond donors (Lipinski definition) is 1. The highest BCUT2D eigenvalue weighted by molar-refractivity contribution is 7.89. The molecular formula is C14H20F2N2O2S. The molecule has 2 N–H and O–H groups in total. The summed E-state index contributed by atoms with van der Waals surface area (Å²) >= 11 is 0. The van der Waals surface area contributed by atoms with Gasteiger partial charge in [-0.15, -0.1) is 0 Å². The Labute approximate surface area is 124 Å². The van der Waals surface area contributed by atoms with Crippen LogP contribution in [-0.4, -0.2) is 25.8 Å². The van der Waals surface area contributed by atoms with E-state index in [4.69, 9.17) is 5.73 Å². The average Bonchev–Trinajstić information content (AvgIpc) is 2.42. The number of hydrogen-bond acceptors (Lipinski definition) is 3. The van der Waals surface area contributed by atoms with Crippen LogP contribution in [0.1, 0.15) is 26.7 Å². The molecule has 1 heterocycles. The summed E-state index contributed by atoms with van der Waals surface area (Å²) in [5, 5.41) is 0. The predicted molar refractivity (Wildman–Crippen MR) is 77.1 cm³/mol. The minimum absolute atomic E-state index is 0.349. The second-order valence-corrected chi connectivity index (χ2v) is 7.70. The number of nitrogens with two attached hydrogens (primary N) is 1. The predicted octanol–water partition coefficient (Wildman–Crippen LogP) is 2.60. The summed E-state index contributed by atoms with van der Waals surface area (Å²) in [6, 6.07) is 1.37. The van der Waals surface area contributed by atoms with Crippen LogP contribution < -0.4 is 5.73 Å². The van der Waals surface area contributed by atoms with Crippen molar-refractivity contribution in [2.45, 2.75) is 31.6 Å². The minimum Gasteiger partial charge on any atom is -0.396 e. The molecular weight excluding hydrogens is 298 g/mol. The average molecular weight is 318 g/mol. The van der Waals surface area contributed by atoms with Crippen LogP contribution in [0.4, 0.5) is 14.5 Å². The van der Waals surface area contributed by atoms with Crippen molar-refractivity contribution in [1.29, 1.82) is 0 Å². The van der Waals surface area contributed by atoms with E-state index in [2.05, 4.69) is 13.8 Å². The Balaban J connectivity index is 2.26. The molecule has 0 aliphatic carbocycles. The van der Waals surface area contributed by atoms with Crippen molar-refractivity contribution < 1.29 is 17.2 Å². The molecule has 1 aliphatic rings. The lowest BCUT2D eigenvalue weighted by atomic mass is 9.87. The third-order valence-corrected chi connectivity index (χ3v) is 6.02. The first-order valence-corrected chi connectivity index (χ1v) is 8.42. The molecule has 1 aromatic carbocycles. The second-order valence-electron chi connectivity index (χ2n) is 5.79. The van der Waals surface area contributed by atoms with Gasteiger partial charge in [-0.25, -0.2) is 17.2 Å². The van der Waals surface area contributed by atoms with Crippen LogP contribution >= 0.6 is 0 Å². The standard InChI is InChI=1S/C14H20F2N2O2S/c1-9(2)10-3-5-18(6-4-10)21(19,20)14-8-13(17)11(15)7-12(14)16/h7-10H,3-6,17H2,1-2H3. The first-order valence-electron chi connectivity index (χ1n) is 6.98. The lowest BCUT2D eigenvalue weighted by Crippen LogP contribution is -2.39. The summed E-state index contributed by atoms with van der Waals surface area (Å²) in [6.07, 6.45) is 1.49. The normalized spacial score (nSPS) is 18.3. The summed E-state index contributed by atoms with van der Waals surface area (Å²) in [4.78, 5) is -0.551. The van der Waals surface area contributed by atoms with E-state index in [-0.39, 0.29) is 5.69 Å². The molecule has 1 fully saturated rings. The maximum Gasteiger partial charge on any atom is 0.246 e. The number of sulfonamides is 1. The first kappa shape index (κ1) is 16.2. The molecule has 2 rings (SSSR count). The Bertz CT molecular complexity index is 624. The van der Waals surface area contributed by atoms with Crippen LogP contribution in [0.15, 0.2) is 17.0 Å². The summed E-state index contributed by atoms with van der Waals surface area (Å²) in [6.45, 7) is 4.91. The molecule has 0 unspecified atom stereocenters. The third-order valence-electron chi connectivity index (χ3n) is 4.11. The molecule has 0 aromatic heterocycles. The van der Waals surface area contributed by atoms with E-state index in [1.807, 2.05) is 0 Å². The zero-order valence-electron chi connectivity index (χ0n) is 12.1. The summed E-state index contributed by atoms with van der Waals surface area (Å²) < 4.78 is 53.1. The van der Waals surface area contributed by atoms with Gasteiger partial charge in [0.05, 0.1) is 5.69 Å². The van der Waals surface area contributed by atoms with Gasteiger partial charge >= 0.3 is 0 Å². The van der Waals surface area contributed by atoms with Gasteiger partial charge in [-0.1, -0.05) is 13.8 Å². The fourth-order valence-electron chi connectivity index (χ4n) is 2.66. The molecule has 0 spiro atoms. The van der Waals surface area contributed by atoms with Gasteiger partial charge in [-0.3, -0.25) is 0 Å². The molecule has 118 valence electrons. The zero-order chi connectivity index (χ0) is 15.8. The van der Waals surface area contributed by atoms with Crippen molar-refractivity contribution in [3.8, 4) is 0 Å². The molecule has 0 radical (unpaired) electrons. The highest BCUT2D eigenvalue weighted by Gasteiger charge is 2.32. The number of piperidine rings is 1. The number of nitrogens with zero attached hydrogens (tertiary/aromatic N) is 1. The highest BCUT2D eigenvalue weighted by atomic mass is 32.2. The lowest BCUT2D eigenvalue weighted by molar-refractivity contribution is 0.226. The van der Waals surface area contributed by atoms with Crippen molar-refractivity contribution in [2.75, 3.05) is 18.8 Å². The van der Waals surface area contributed by atoms with Gasteiger partial charge < -0.3 is 5.73 Å². The second kappa shape index (κ2) is 5.88. The molecule has 21 heavy (non-hydrogen) atoms. The monoisotopic (exact) mass is 318 g/mol. The summed E-state index contributed by atoms with van der Waals surface area (Å²) in [7, 11) is -3.97. The SMILES string of the molecule is CC(C)C1CCN(S(=O)(=O)c2cc(N)c(F)cc2F)CC1. The Morgan fingerprint density at radius 3 is 2.29 bits per heavy atom. The van der Waals surface area contributed by atoms with Gasteiger partial charge in [0, 0.05) is 19.2 Å². The first-order chi connectivity index (χ1) is 9.73. The van der Waals surface area contributed by atoms with Crippen LogP contribution in [0.25, 0.3) is 0 Å². The smallest absolute Gasteiger partial charge is 0.246 e. The van der Waals surface area contributed by atoms with Crippen LogP contribution in [0.3, 0.4) is 0 Å². The fourth-order valence-corrected chi connectivity index (χ4v) is 4.22. The zero-order valence-corrected chi connectivity index (χ0v) is 13.0. The number of halogens is 2. The lowest BCUT2D eigenvalue weighted by Gasteiger charge is -2.33. The van der Waals surface area contributed by atoms with Gasteiger partial charge in [0.25, 0.3) is 0 Å². The molecule has 0 saturated carbocycles. The topological polar surface area (TPSA) is 63.4 Å². The molecule has 4 nitrogen and oxygen atoms in total. The fraction of sp³-hybridized carbons (Fsp3) is 0.571. The van der Waals surface area contributed by atoms with Crippen molar-refractivity contribution in [1.82, 2.24) is 4.31 Å². The molecule has 1 aromatic rings. The molecule has 0 atom stereocenters. The van der Waals surface area contributed by atoms with Crippen LogP contribution in [-0.2, 0) is 10.0 Å². The van der Waals surface area contributed by atoms with Crippen LogP contribution in [0.5, 0.6) is 0 Å². The number of rotatable bonds is 3. The maximum atomic E-state index is 13.8. The maximum absolute atomic E-state index is 13.8. The third kappa shape index (κ3) is 3.18.